The normalized spacial score (nSPS) is 14.9. The molecule has 1 aromatic carbocycles. The summed E-state index contributed by atoms with van der Waals surface area (Å²) in [6, 6.07) is 7.62. The molecular formula is C21H22FN5O2. The molecule has 8 heteroatoms. The number of hydrogen-bond acceptors (Lipinski definition) is 4. The summed E-state index contributed by atoms with van der Waals surface area (Å²) in [6.45, 7) is 3.71. The highest BCUT2D eigenvalue weighted by molar-refractivity contribution is 5.93. The van der Waals surface area contributed by atoms with Gasteiger partial charge in [-0.25, -0.2) is 4.39 Å². The number of pyridine rings is 1. The number of piperidine rings is 1. The molecule has 1 saturated heterocycles. The molecule has 1 aliphatic rings. The number of amides is 1. The van der Waals surface area contributed by atoms with Gasteiger partial charge >= 0.3 is 0 Å². The van der Waals surface area contributed by atoms with E-state index in [0.717, 1.165) is 24.1 Å². The molecule has 3 heterocycles. The lowest BCUT2D eigenvalue weighted by Gasteiger charge is -2.31. The fourth-order valence-corrected chi connectivity index (χ4v) is 3.63. The van der Waals surface area contributed by atoms with Crippen molar-refractivity contribution >= 4 is 5.91 Å². The van der Waals surface area contributed by atoms with Crippen molar-refractivity contribution in [3.05, 3.63) is 70.0 Å². The van der Waals surface area contributed by atoms with E-state index >= 15 is 0 Å². The van der Waals surface area contributed by atoms with Crippen LogP contribution >= 0.6 is 0 Å². The Kier molecular flexibility index (Phi) is 5.24. The number of rotatable bonds is 4. The zero-order chi connectivity index (χ0) is 20.4. The summed E-state index contributed by atoms with van der Waals surface area (Å²) in [5, 5.41) is 8.35. The minimum Gasteiger partial charge on any atom is -0.364 e. The van der Waals surface area contributed by atoms with Crippen molar-refractivity contribution in [3.63, 3.8) is 0 Å². The first-order valence-electron chi connectivity index (χ1n) is 9.64. The zero-order valence-electron chi connectivity index (χ0n) is 16.1. The third-order valence-electron chi connectivity index (χ3n) is 5.31. The Morgan fingerprint density at radius 2 is 1.97 bits per heavy atom. The number of halogens is 1. The number of hydrogen-bond donors (Lipinski definition) is 1. The number of nitrogens with one attached hydrogen (secondary N) is 1. The van der Waals surface area contributed by atoms with Crippen molar-refractivity contribution in [2.24, 2.45) is 5.92 Å². The molecule has 0 atom stereocenters. The van der Waals surface area contributed by atoms with Crippen molar-refractivity contribution in [2.75, 3.05) is 13.1 Å². The quantitative estimate of drug-likeness (QED) is 0.736. The third kappa shape index (κ3) is 4.26. The Morgan fingerprint density at radius 3 is 2.66 bits per heavy atom. The highest BCUT2D eigenvalue weighted by Crippen LogP contribution is 2.21. The Labute approximate surface area is 167 Å². The van der Waals surface area contributed by atoms with E-state index in [2.05, 4.69) is 15.3 Å². The number of carbonyl (C=O) groups excluding carboxylic acids is 1. The molecule has 1 amide bonds. The summed E-state index contributed by atoms with van der Waals surface area (Å²) in [4.78, 5) is 29.4. The molecule has 150 valence electrons. The minimum atomic E-state index is -0.282. The largest absolute Gasteiger partial charge is 0.364 e. The van der Waals surface area contributed by atoms with Crippen molar-refractivity contribution in [2.45, 2.75) is 26.3 Å². The molecule has 0 spiro atoms. The van der Waals surface area contributed by atoms with Gasteiger partial charge in [0.15, 0.2) is 5.43 Å². The SMILES string of the molecule is Cc1cc(=O)c(C(=O)N2CCC(Cn3cc(-c4ccc(F)cc4)nn3)CC2)c[nH]1. The molecule has 1 fully saturated rings. The maximum atomic E-state index is 13.1. The lowest BCUT2D eigenvalue weighted by Crippen LogP contribution is -2.41. The first-order chi connectivity index (χ1) is 14.0. The van der Waals surface area contributed by atoms with Crippen LogP contribution in [0.25, 0.3) is 11.3 Å². The number of benzene rings is 1. The molecule has 3 aromatic rings. The average Bonchev–Trinajstić information content (AvgIpc) is 3.17. The smallest absolute Gasteiger partial charge is 0.259 e. The summed E-state index contributed by atoms with van der Waals surface area (Å²) in [7, 11) is 0. The fourth-order valence-electron chi connectivity index (χ4n) is 3.63. The molecule has 0 saturated carbocycles. The first kappa shape index (κ1) is 19.0. The van der Waals surface area contributed by atoms with Gasteiger partial charge in [-0.2, -0.15) is 0 Å². The van der Waals surface area contributed by atoms with Crippen molar-refractivity contribution in [3.8, 4) is 11.3 Å². The number of carbonyl (C=O) groups is 1. The summed E-state index contributed by atoms with van der Waals surface area (Å²) >= 11 is 0. The van der Waals surface area contributed by atoms with Crippen LogP contribution in [0.3, 0.4) is 0 Å². The molecule has 1 aliphatic heterocycles. The fraction of sp³-hybridized carbons (Fsp3) is 0.333. The maximum absolute atomic E-state index is 13.1. The summed E-state index contributed by atoms with van der Waals surface area (Å²) < 4.78 is 14.9. The second-order valence-corrected chi connectivity index (χ2v) is 7.46. The maximum Gasteiger partial charge on any atom is 0.259 e. The van der Waals surface area contributed by atoms with Crippen molar-refractivity contribution in [1.29, 1.82) is 0 Å². The molecule has 4 rings (SSSR count). The van der Waals surface area contributed by atoms with Crippen molar-refractivity contribution < 1.29 is 9.18 Å². The van der Waals surface area contributed by atoms with Crippen LogP contribution < -0.4 is 5.43 Å². The van der Waals surface area contributed by atoms with Crippen LogP contribution in [0.15, 0.2) is 47.5 Å². The van der Waals surface area contributed by atoms with Crippen LogP contribution in [-0.2, 0) is 6.54 Å². The monoisotopic (exact) mass is 395 g/mol. The number of aromatic nitrogens is 4. The van der Waals surface area contributed by atoms with Gasteiger partial charge in [0.1, 0.15) is 17.1 Å². The van der Waals surface area contributed by atoms with Crippen LogP contribution in [0, 0.1) is 18.7 Å². The summed E-state index contributed by atoms with van der Waals surface area (Å²) in [5.74, 6) is -0.128. The Morgan fingerprint density at radius 1 is 1.24 bits per heavy atom. The molecule has 7 nitrogen and oxygen atoms in total. The van der Waals surface area contributed by atoms with E-state index in [-0.39, 0.29) is 22.7 Å². The van der Waals surface area contributed by atoms with Gasteiger partial charge in [-0.3, -0.25) is 14.3 Å². The minimum absolute atomic E-state index is 0.189. The van der Waals surface area contributed by atoms with E-state index in [1.165, 1.54) is 24.4 Å². The van der Waals surface area contributed by atoms with Gasteiger partial charge < -0.3 is 9.88 Å². The number of nitrogens with zero attached hydrogens (tertiary/aromatic N) is 4. The average molecular weight is 395 g/mol. The van der Waals surface area contributed by atoms with Gasteiger partial charge in [0, 0.05) is 43.2 Å². The zero-order valence-corrected chi connectivity index (χ0v) is 16.1. The Bertz CT molecular complexity index is 1070. The number of likely N-dealkylation sites (tertiary alicyclic amines) is 1. The molecular weight excluding hydrogens is 373 g/mol. The molecule has 0 bridgehead atoms. The lowest BCUT2D eigenvalue weighted by molar-refractivity contribution is 0.0679. The van der Waals surface area contributed by atoms with Crippen LogP contribution in [0.2, 0.25) is 0 Å². The molecule has 0 radical (unpaired) electrons. The first-order valence-corrected chi connectivity index (χ1v) is 9.64. The van der Waals surface area contributed by atoms with E-state index in [1.807, 2.05) is 6.20 Å². The molecule has 0 unspecified atom stereocenters. The highest BCUT2D eigenvalue weighted by Gasteiger charge is 2.25. The second-order valence-electron chi connectivity index (χ2n) is 7.46. The van der Waals surface area contributed by atoms with E-state index in [0.29, 0.717) is 31.2 Å². The summed E-state index contributed by atoms with van der Waals surface area (Å²) in [5.41, 5.74) is 2.20. The van der Waals surface area contributed by atoms with E-state index in [1.54, 1.807) is 28.6 Å². The Hall–Kier alpha value is -3.29. The van der Waals surface area contributed by atoms with E-state index in [9.17, 15) is 14.0 Å². The molecule has 2 aromatic heterocycles. The lowest BCUT2D eigenvalue weighted by atomic mass is 9.96. The van der Waals surface area contributed by atoms with Gasteiger partial charge in [-0.1, -0.05) is 5.21 Å². The topological polar surface area (TPSA) is 83.9 Å². The highest BCUT2D eigenvalue weighted by atomic mass is 19.1. The van der Waals surface area contributed by atoms with Gasteiger partial charge in [0.05, 0.1) is 6.20 Å². The number of H-pyrrole nitrogens is 1. The van der Waals surface area contributed by atoms with Crippen LogP contribution in [0.1, 0.15) is 28.9 Å². The van der Waals surface area contributed by atoms with Gasteiger partial charge in [0.25, 0.3) is 5.91 Å². The standard InChI is InChI=1S/C21H22FN5O2/c1-14-10-20(28)18(11-23-14)21(29)26-8-6-15(7-9-26)12-27-13-19(24-25-27)16-2-4-17(22)5-3-16/h2-5,10-11,13,15H,6-9,12H2,1H3,(H,23,28). The van der Waals surface area contributed by atoms with E-state index in [4.69, 9.17) is 0 Å². The number of aromatic amines is 1. The summed E-state index contributed by atoms with van der Waals surface area (Å²) in [6.07, 6.45) is 5.03. The molecule has 1 N–H and O–H groups in total. The van der Waals surface area contributed by atoms with Crippen LogP contribution in [-0.4, -0.2) is 43.9 Å². The second kappa shape index (κ2) is 7.98. The molecule has 29 heavy (non-hydrogen) atoms. The predicted molar refractivity (Wildman–Crippen MR) is 106 cm³/mol. The van der Waals surface area contributed by atoms with E-state index < -0.39 is 0 Å². The van der Waals surface area contributed by atoms with Gasteiger partial charge in [0.2, 0.25) is 0 Å². The van der Waals surface area contributed by atoms with Crippen molar-refractivity contribution in [1.82, 2.24) is 24.9 Å². The number of aryl methyl sites for hydroxylation is 1. The molecule has 0 aliphatic carbocycles. The van der Waals surface area contributed by atoms with Crippen LogP contribution in [0.5, 0.6) is 0 Å². The van der Waals surface area contributed by atoms with Gasteiger partial charge in [-0.15, -0.1) is 5.10 Å². The Balaban J connectivity index is 1.35. The van der Waals surface area contributed by atoms with Gasteiger partial charge in [-0.05, 0) is 49.9 Å². The third-order valence-corrected chi connectivity index (χ3v) is 5.31. The van der Waals surface area contributed by atoms with Crippen LogP contribution in [0.4, 0.5) is 4.39 Å². The predicted octanol–water partition coefficient (Wildman–Crippen LogP) is 2.63.